The van der Waals surface area contributed by atoms with Gasteiger partial charge in [-0.1, -0.05) is 30.3 Å². The first-order valence-corrected chi connectivity index (χ1v) is 9.10. The molecule has 1 heterocycles. The highest BCUT2D eigenvalue weighted by Gasteiger charge is 2.11. The van der Waals surface area contributed by atoms with Crippen molar-refractivity contribution in [2.75, 3.05) is 6.61 Å². The Morgan fingerprint density at radius 3 is 2.44 bits per heavy atom. The van der Waals surface area contributed by atoms with Gasteiger partial charge in [-0.2, -0.15) is 0 Å². The first-order chi connectivity index (χ1) is 13.1. The summed E-state index contributed by atoms with van der Waals surface area (Å²) in [5.74, 6) is -0.293. The Labute approximate surface area is 160 Å². The molecule has 0 saturated carbocycles. The minimum Gasteiger partial charge on any atom is -0.462 e. The molecule has 0 unspecified atom stereocenters. The molecule has 0 aliphatic heterocycles. The largest absolute Gasteiger partial charge is 0.462 e. The van der Waals surface area contributed by atoms with Crippen molar-refractivity contribution in [3.63, 3.8) is 0 Å². The van der Waals surface area contributed by atoms with Crippen LogP contribution in [0.5, 0.6) is 0 Å². The van der Waals surface area contributed by atoms with Gasteiger partial charge in [-0.05, 0) is 56.7 Å². The minimum absolute atomic E-state index is 0.293. The van der Waals surface area contributed by atoms with Crippen LogP contribution in [0.4, 0.5) is 0 Å². The van der Waals surface area contributed by atoms with Gasteiger partial charge in [0.1, 0.15) is 0 Å². The van der Waals surface area contributed by atoms with E-state index in [4.69, 9.17) is 4.74 Å². The normalized spacial score (nSPS) is 11.1. The number of aromatic nitrogens is 1. The third-order valence-corrected chi connectivity index (χ3v) is 4.45. The number of hydrogen-bond acceptors (Lipinski definition) is 3. The quantitative estimate of drug-likeness (QED) is 0.464. The zero-order chi connectivity index (χ0) is 19.2. The standard InChI is InChI=1S/C23H24N2O2/c1-4-27-23(26)20-10-12-22(13-11-20)25-17(2)14-21(18(25)3)16-24-15-19-8-6-5-7-9-19/h5-14,16H,4,15H2,1-3H3. The average Bonchev–Trinajstić information content (AvgIpc) is 2.96. The van der Waals surface area contributed by atoms with Crippen LogP contribution in [0.3, 0.4) is 0 Å². The van der Waals surface area contributed by atoms with E-state index in [1.54, 1.807) is 19.1 Å². The molecule has 138 valence electrons. The van der Waals surface area contributed by atoms with Crippen LogP contribution in [-0.4, -0.2) is 23.4 Å². The molecule has 0 aliphatic rings. The van der Waals surface area contributed by atoms with E-state index < -0.39 is 0 Å². The third-order valence-electron chi connectivity index (χ3n) is 4.45. The summed E-state index contributed by atoms with van der Waals surface area (Å²) in [6.45, 7) is 7.00. The van der Waals surface area contributed by atoms with Gasteiger partial charge in [0.25, 0.3) is 0 Å². The maximum absolute atomic E-state index is 11.8. The van der Waals surface area contributed by atoms with Gasteiger partial charge in [0.15, 0.2) is 0 Å². The summed E-state index contributed by atoms with van der Waals surface area (Å²) in [6, 6.07) is 19.8. The number of carbonyl (C=O) groups excluding carboxylic acids is 1. The molecule has 0 fully saturated rings. The van der Waals surface area contributed by atoms with E-state index in [-0.39, 0.29) is 5.97 Å². The van der Waals surface area contributed by atoms with Gasteiger partial charge >= 0.3 is 5.97 Å². The van der Waals surface area contributed by atoms with Gasteiger partial charge < -0.3 is 9.30 Å². The fourth-order valence-electron chi connectivity index (χ4n) is 3.11. The SMILES string of the molecule is CCOC(=O)c1ccc(-n2c(C)cc(C=NCc3ccccc3)c2C)cc1. The second-order valence-electron chi connectivity index (χ2n) is 6.38. The second kappa shape index (κ2) is 8.49. The van der Waals surface area contributed by atoms with Crippen molar-refractivity contribution in [2.24, 2.45) is 4.99 Å². The van der Waals surface area contributed by atoms with Crippen molar-refractivity contribution >= 4 is 12.2 Å². The fourth-order valence-corrected chi connectivity index (χ4v) is 3.11. The van der Waals surface area contributed by atoms with Crippen LogP contribution in [0.2, 0.25) is 0 Å². The van der Waals surface area contributed by atoms with Crippen LogP contribution < -0.4 is 0 Å². The number of ether oxygens (including phenoxy) is 1. The van der Waals surface area contributed by atoms with E-state index in [0.717, 1.165) is 22.6 Å². The maximum Gasteiger partial charge on any atom is 0.338 e. The molecule has 4 heteroatoms. The lowest BCUT2D eigenvalue weighted by Gasteiger charge is -2.10. The number of hydrogen-bond donors (Lipinski definition) is 0. The number of nitrogens with zero attached hydrogens (tertiary/aromatic N) is 2. The van der Waals surface area contributed by atoms with E-state index in [9.17, 15) is 4.79 Å². The first kappa shape index (κ1) is 18.6. The lowest BCUT2D eigenvalue weighted by molar-refractivity contribution is 0.0526. The monoisotopic (exact) mass is 360 g/mol. The van der Waals surface area contributed by atoms with Crippen molar-refractivity contribution in [1.29, 1.82) is 0 Å². The van der Waals surface area contributed by atoms with Crippen molar-refractivity contribution in [1.82, 2.24) is 4.57 Å². The van der Waals surface area contributed by atoms with Crippen LogP contribution >= 0.6 is 0 Å². The molecule has 27 heavy (non-hydrogen) atoms. The smallest absolute Gasteiger partial charge is 0.338 e. The summed E-state index contributed by atoms with van der Waals surface area (Å²) in [6.07, 6.45) is 1.93. The highest BCUT2D eigenvalue weighted by atomic mass is 16.5. The zero-order valence-corrected chi connectivity index (χ0v) is 16.0. The molecule has 0 spiro atoms. The molecule has 2 aromatic carbocycles. The molecule has 4 nitrogen and oxygen atoms in total. The van der Waals surface area contributed by atoms with Gasteiger partial charge in [0.05, 0.1) is 18.7 Å². The number of aryl methyl sites for hydroxylation is 1. The number of carbonyl (C=O) groups is 1. The molecule has 0 N–H and O–H groups in total. The first-order valence-electron chi connectivity index (χ1n) is 9.10. The van der Waals surface area contributed by atoms with E-state index >= 15 is 0 Å². The number of aliphatic imine (C=N–C) groups is 1. The summed E-state index contributed by atoms with van der Waals surface area (Å²) in [5.41, 5.74) is 6.11. The Balaban J connectivity index is 1.80. The van der Waals surface area contributed by atoms with E-state index in [0.29, 0.717) is 18.7 Å². The van der Waals surface area contributed by atoms with Crippen LogP contribution in [0.1, 0.15) is 39.8 Å². The Bertz CT molecular complexity index is 939. The highest BCUT2D eigenvalue weighted by molar-refractivity contribution is 5.89. The van der Waals surface area contributed by atoms with E-state index in [1.165, 1.54) is 5.56 Å². The molecule has 0 amide bonds. The molecular weight excluding hydrogens is 336 g/mol. The molecule has 3 rings (SSSR count). The number of rotatable bonds is 6. The van der Waals surface area contributed by atoms with Gasteiger partial charge in [0.2, 0.25) is 0 Å². The van der Waals surface area contributed by atoms with Crippen molar-refractivity contribution in [2.45, 2.75) is 27.3 Å². The molecule has 0 saturated heterocycles. The Morgan fingerprint density at radius 2 is 1.78 bits per heavy atom. The minimum atomic E-state index is -0.293. The fraction of sp³-hybridized carbons (Fsp3) is 0.217. The Morgan fingerprint density at radius 1 is 1.07 bits per heavy atom. The number of benzene rings is 2. The van der Waals surface area contributed by atoms with Crippen LogP contribution in [-0.2, 0) is 11.3 Å². The summed E-state index contributed by atoms with van der Waals surface area (Å²) in [5, 5.41) is 0. The topological polar surface area (TPSA) is 43.6 Å². The van der Waals surface area contributed by atoms with Gasteiger partial charge in [-0.15, -0.1) is 0 Å². The Kier molecular flexibility index (Phi) is 5.87. The summed E-state index contributed by atoms with van der Waals surface area (Å²) < 4.78 is 7.21. The molecule has 0 bridgehead atoms. The predicted molar refractivity (Wildman–Crippen MR) is 109 cm³/mol. The molecular formula is C23H24N2O2. The second-order valence-corrected chi connectivity index (χ2v) is 6.38. The van der Waals surface area contributed by atoms with Crippen molar-refractivity contribution < 1.29 is 9.53 Å². The summed E-state index contributed by atoms with van der Waals surface area (Å²) in [7, 11) is 0. The van der Waals surface area contributed by atoms with Gasteiger partial charge in [-0.25, -0.2) is 4.79 Å². The van der Waals surface area contributed by atoms with E-state index in [1.807, 2.05) is 36.5 Å². The van der Waals surface area contributed by atoms with Gasteiger partial charge in [0, 0.05) is 28.9 Å². The van der Waals surface area contributed by atoms with Crippen LogP contribution in [0.25, 0.3) is 5.69 Å². The highest BCUT2D eigenvalue weighted by Crippen LogP contribution is 2.20. The van der Waals surface area contributed by atoms with Crippen LogP contribution in [0, 0.1) is 13.8 Å². The predicted octanol–water partition coefficient (Wildman–Crippen LogP) is 4.89. The van der Waals surface area contributed by atoms with E-state index in [2.05, 4.69) is 41.6 Å². The summed E-state index contributed by atoms with van der Waals surface area (Å²) >= 11 is 0. The Hall–Kier alpha value is -3.14. The summed E-state index contributed by atoms with van der Waals surface area (Å²) in [4.78, 5) is 16.4. The number of esters is 1. The molecule has 0 atom stereocenters. The average molecular weight is 360 g/mol. The third kappa shape index (κ3) is 4.34. The zero-order valence-electron chi connectivity index (χ0n) is 16.0. The lowest BCUT2D eigenvalue weighted by atomic mass is 10.2. The molecule has 3 aromatic rings. The molecule has 1 aromatic heterocycles. The van der Waals surface area contributed by atoms with Crippen molar-refractivity contribution in [3.05, 3.63) is 88.7 Å². The molecule has 0 radical (unpaired) electrons. The van der Waals surface area contributed by atoms with Crippen molar-refractivity contribution in [3.8, 4) is 5.69 Å². The lowest BCUT2D eigenvalue weighted by Crippen LogP contribution is -2.05. The van der Waals surface area contributed by atoms with Crippen LogP contribution in [0.15, 0.2) is 65.7 Å². The maximum atomic E-state index is 11.8. The van der Waals surface area contributed by atoms with Gasteiger partial charge in [-0.3, -0.25) is 4.99 Å². The molecule has 0 aliphatic carbocycles.